The van der Waals surface area contributed by atoms with Crippen LogP contribution in [-0.2, 0) is 6.42 Å². The van der Waals surface area contributed by atoms with Crippen molar-refractivity contribution in [2.45, 2.75) is 97.8 Å². The first-order valence-corrected chi connectivity index (χ1v) is 15.2. The Labute approximate surface area is 237 Å². The Kier molecular flexibility index (Phi) is 13.7. The van der Waals surface area contributed by atoms with Crippen LogP contribution in [0.3, 0.4) is 0 Å². The van der Waals surface area contributed by atoms with Crippen LogP contribution in [-0.4, -0.2) is 12.6 Å². The molecule has 0 aliphatic heterocycles. The topological polar surface area (TPSA) is 35.5 Å². The van der Waals surface area contributed by atoms with Gasteiger partial charge in [-0.25, -0.2) is 4.79 Å². The first kappa shape index (κ1) is 30.5. The fourth-order valence-corrected chi connectivity index (χ4v) is 4.71. The van der Waals surface area contributed by atoms with Gasteiger partial charge in [-0.05, 0) is 78.3 Å². The molecule has 0 bridgehead atoms. The maximum Gasteiger partial charge on any atom is 0.343 e. The third kappa shape index (κ3) is 11.3. The van der Waals surface area contributed by atoms with Gasteiger partial charge in [-0.1, -0.05) is 115 Å². The van der Waals surface area contributed by atoms with Gasteiger partial charge in [0.25, 0.3) is 0 Å². The lowest BCUT2D eigenvalue weighted by Gasteiger charge is -2.09. The molecule has 1 atom stereocenters. The van der Waals surface area contributed by atoms with Crippen molar-refractivity contribution in [3.8, 4) is 22.6 Å². The number of aryl methyl sites for hydroxylation is 1. The zero-order valence-corrected chi connectivity index (χ0v) is 24.4. The second kappa shape index (κ2) is 17.5. The summed E-state index contributed by atoms with van der Waals surface area (Å²) in [5.41, 5.74) is 4.19. The molecule has 0 aliphatic carbocycles. The highest BCUT2D eigenvalue weighted by molar-refractivity contribution is 5.91. The second-order valence-electron chi connectivity index (χ2n) is 10.9. The number of ether oxygens (including phenoxy) is 2. The molecule has 0 heterocycles. The van der Waals surface area contributed by atoms with Crippen LogP contribution in [0.4, 0.5) is 0 Å². The SMILES string of the molecule is CCCCCCCCOc1ccc(C(=O)Oc2ccc(-c3ccc(CCCCCC(C)CC)cc3)cc2)cc1. The Morgan fingerprint density at radius 3 is 1.92 bits per heavy atom. The lowest BCUT2D eigenvalue weighted by Crippen LogP contribution is -2.08. The van der Waals surface area contributed by atoms with Gasteiger partial charge in [0.2, 0.25) is 0 Å². The molecule has 0 fully saturated rings. The van der Waals surface area contributed by atoms with Gasteiger partial charge >= 0.3 is 5.97 Å². The molecule has 0 aromatic heterocycles. The van der Waals surface area contributed by atoms with Crippen molar-refractivity contribution < 1.29 is 14.3 Å². The highest BCUT2D eigenvalue weighted by atomic mass is 16.5. The van der Waals surface area contributed by atoms with E-state index in [1.165, 1.54) is 75.3 Å². The van der Waals surface area contributed by atoms with E-state index in [4.69, 9.17) is 9.47 Å². The highest BCUT2D eigenvalue weighted by Crippen LogP contribution is 2.24. The highest BCUT2D eigenvalue weighted by Gasteiger charge is 2.09. The molecule has 0 spiro atoms. The predicted molar refractivity (Wildman–Crippen MR) is 164 cm³/mol. The summed E-state index contributed by atoms with van der Waals surface area (Å²) in [6.45, 7) is 7.57. The van der Waals surface area contributed by atoms with E-state index in [0.29, 0.717) is 17.9 Å². The van der Waals surface area contributed by atoms with Crippen molar-refractivity contribution in [3.05, 3.63) is 83.9 Å². The number of carbonyl (C=O) groups is 1. The Morgan fingerprint density at radius 1 is 0.667 bits per heavy atom. The van der Waals surface area contributed by atoms with E-state index in [1.54, 1.807) is 12.1 Å². The van der Waals surface area contributed by atoms with Crippen LogP contribution in [0.25, 0.3) is 11.1 Å². The molecule has 0 amide bonds. The van der Waals surface area contributed by atoms with E-state index >= 15 is 0 Å². The quantitative estimate of drug-likeness (QED) is 0.0935. The van der Waals surface area contributed by atoms with Gasteiger partial charge in [0.1, 0.15) is 11.5 Å². The van der Waals surface area contributed by atoms with E-state index in [1.807, 2.05) is 36.4 Å². The van der Waals surface area contributed by atoms with E-state index < -0.39 is 0 Å². The summed E-state index contributed by atoms with van der Waals surface area (Å²) in [6, 6.07) is 23.8. The fourth-order valence-electron chi connectivity index (χ4n) is 4.71. The molecule has 0 radical (unpaired) electrons. The molecular formula is C36H48O3. The number of rotatable bonds is 18. The van der Waals surface area contributed by atoms with Gasteiger partial charge in [-0.3, -0.25) is 0 Å². The van der Waals surface area contributed by atoms with Gasteiger partial charge in [0, 0.05) is 0 Å². The van der Waals surface area contributed by atoms with E-state index in [2.05, 4.69) is 45.0 Å². The third-order valence-corrected chi connectivity index (χ3v) is 7.57. The van der Waals surface area contributed by atoms with Crippen molar-refractivity contribution in [1.29, 1.82) is 0 Å². The summed E-state index contributed by atoms with van der Waals surface area (Å²) in [6.07, 6.45) is 15.1. The molecule has 0 N–H and O–H groups in total. The fraction of sp³-hybridized carbons (Fsp3) is 0.472. The summed E-state index contributed by atoms with van der Waals surface area (Å²) in [7, 11) is 0. The maximum absolute atomic E-state index is 12.6. The lowest BCUT2D eigenvalue weighted by atomic mass is 9.98. The van der Waals surface area contributed by atoms with Crippen molar-refractivity contribution >= 4 is 5.97 Å². The van der Waals surface area contributed by atoms with Gasteiger partial charge in [0.05, 0.1) is 12.2 Å². The minimum atomic E-state index is -0.362. The van der Waals surface area contributed by atoms with Crippen LogP contribution in [0.1, 0.15) is 107 Å². The molecule has 210 valence electrons. The summed E-state index contributed by atoms with van der Waals surface area (Å²) < 4.78 is 11.4. The first-order chi connectivity index (χ1) is 19.1. The van der Waals surface area contributed by atoms with Crippen LogP contribution in [0.5, 0.6) is 11.5 Å². The van der Waals surface area contributed by atoms with Crippen molar-refractivity contribution in [2.75, 3.05) is 6.61 Å². The summed E-state index contributed by atoms with van der Waals surface area (Å²) in [5, 5.41) is 0. The summed E-state index contributed by atoms with van der Waals surface area (Å²) in [5.74, 6) is 1.82. The average Bonchev–Trinajstić information content (AvgIpc) is 2.97. The number of carbonyl (C=O) groups excluding carboxylic acids is 1. The van der Waals surface area contributed by atoms with Crippen LogP contribution in [0, 0.1) is 5.92 Å². The van der Waals surface area contributed by atoms with E-state index in [-0.39, 0.29) is 5.97 Å². The molecule has 0 saturated heterocycles. The van der Waals surface area contributed by atoms with E-state index in [9.17, 15) is 4.79 Å². The standard InChI is InChI=1S/C36H48O3/c1-4-6-7-8-9-13-28-38-34-24-22-33(23-25-34)36(37)39-35-26-20-32(21-27-35)31-18-16-30(17-19-31)15-12-10-11-14-29(3)5-2/h16-27,29H,4-15,28H2,1-3H3. The first-order valence-electron chi connectivity index (χ1n) is 15.2. The van der Waals surface area contributed by atoms with Gasteiger partial charge in [-0.15, -0.1) is 0 Å². The third-order valence-electron chi connectivity index (χ3n) is 7.57. The van der Waals surface area contributed by atoms with Crippen LogP contribution in [0.15, 0.2) is 72.8 Å². The molecule has 3 heteroatoms. The number of hydrogen-bond acceptors (Lipinski definition) is 3. The van der Waals surface area contributed by atoms with Crippen LogP contribution < -0.4 is 9.47 Å². The Hall–Kier alpha value is -3.07. The molecule has 0 saturated carbocycles. The van der Waals surface area contributed by atoms with E-state index in [0.717, 1.165) is 30.1 Å². The second-order valence-corrected chi connectivity index (χ2v) is 10.9. The molecule has 3 nitrogen and oxygen atoms in total. The number of benzene rings is 3. The maximum atomic E-state index is 12.6. The normalized spacial score (nSPS) is 11.8. The van der Waals surface area contributed by atoms with Crippen molar-refractivity contribution in [2.24, 2.45) is 5.92 Å². The monoisotopic (exact) mass is 528 g/mol. The lowest BCUT2D eigenvalue weighted by molar-refractivity contribution is 0.0734. The zero-order valence-electron chi connectivity index (χ0n) is 24.4. The number of hydrogen-bond donors (Lipinski definition) is 0. The molecule has 39 heavy (non-hydrogen) atoms. The van der Waals surface area contributed by atoms with Gasteiger partial charge in [-0.2, -0.15) is 0 Å². The van der Waals surface area contributed by atoms with Crippen LogP contribution >= 0.6 is 0 Å². The molecular weight excluding hydrogens is 480 g/mol. The predicted octanol–water partition coefficient (Wildman–Crippen LogP) is 10.5. The molecule has 1 unspecified atom stereocenters. The van der Waals surface area contributed by atoms with Crippen molar-refractivity contribution in [1.82, 2.24) is 0 Å². The molecule has 3 aromatic carbocycles. The van der Waals surface area contributed by atoms with Crippen molar-refractivity contribution in [3.63, 3.8) is 0 Å². The molecule has 3 aromatic rings. The van der Waals surface area contributed by atoms with Crippen LogP contribution in [0.2, 0.25) is 0 Å². The largest absolute Gasteiger partial charge is 0.494 e. The smallest absolute Gasteiger partial charge is 0.343 e. The molecule has 3 rings (SSSR count). The zero-order chi connectivity index (χ0) is 27.7. The number of esters is 1. The summed E-state index contributed by atoms with van der Waals surface area (Å²) >= 11 is 0. The van der Waals surface area contributed by atoms with Gasteiger partial charge < -0.3 is 9.47 Å². The average molecular weight is 529 g/mol. The minimum absolute atomic E-state index is 0.362. The number of unbranched alkanes of at least 4 members (excludes halogenated alkanes) is 7. The minimum Gasteiger partial charge on any atom is -0.494 e. The Bertz CT molecular complexity index is 1070. The molecule has 0 aliphatic rings. The Balaban J connectivity index is 1.40. The summed E-state index contributed by atoms with van der Waals surface area (Å²) in [4.78, 5) is 12.6. The van der Waals surface area contributed by atoms with Gasteiger partial charge in [0.15, 0.2) is 0 Å². The Morgan fingerprint density at radius 2 is 1.26 bits per heavy atom.